The first kappa shape index (κ1) is 22.0. The van der Waals surface area contributed by atoms with Gasteiger partial charge in [0.15, 0.2) is 0 Å². The van der Waals surface area contributed by atoms with Crippen LogP contribution < -0.4 is 15.4 Å². The van der Waals surface area contributed by atoms with Crippen LogP contribution in [-0.2, 0) is 10.2 Å². The van der Waals surface area contributed by atoms with Gasteiger partial charge in [-0.05, 0) is 56.7 Å². The molecule has 1 aromatic carbocycles. The lowest BCUT2D eigenvalue weighted by Crippen LogP contribution is -2.40. The summed E-state index contributed by atoms with van der Waals surface area (Å²) in [5.41, 5.74) is 1.28. The van der Waals surface area contributed by atoms with E-state index in [4.69, 9.17) is 4.74 Å². The molecule has 1 heterocycles. The lowest BCUT2D eigenvalue weighted by molar-refractivity contribution is -0.122. The molecule has 1 aromatic rings. The number of methoxy groups -OCH3 is 1. The molecule has 2 N–H and O–H groups in total. The first-order valence-electron chi connectivity index (χ1n) is 10.3. The molecule has 1 amide bonds. The van der Waals surface area contributed by atoms with Crippen LogP contribution in [0, 0.1) is 11.8 Å². The fourth-order valence-corrected chi connectivity index (χ4v) is 4.89. The molecule has 2 aliphatic rings. The Balaban J connectivity index is 0.00000261. The van der Waals surface area contributed by atoms with Crippen molar-refractivity contribution >= 4 is 18.3 Å². The van der Waals surface area contributed by atoms with E-state index in [1.807, 2.05) is 12.1 Å². The Hall–Kier alpha value is -1.26. The second-order valence-electron chi connectivity index (χ2n) is 8.23. The maximum Gasteiger partial charge on any atom is 0.220 e. The van der Waals surface area contributed by atoms with Gasteiger partial charge in [-0.3, -0.25) is 4.79 Å². The molecule has 0 bridgehead atoms. The van der Waals surface area contributed by atoms with Gasteiger partial charge in [0, 0.05) is 23.9 Å². The van der Waals surface area contributed by atoms with Gasteiger partial charge in [0.25, 0.3) is 0 Å². The predicted octanol–water partition coefficient (Wildman–Crippen LogP) is 4.07. The molecule has 0 radical (unpaired) electrons. The summed E-state index contributed by atoms with van der Waals surface area (Å²) in [5, 5.41) is 6.68. The van der Waals surface area contributed by atoms with Gasteiger partial charge < -0.3 is 15.4 Å². The van der Waals surface area contributed by atoms with E-state index in [1.54, 1.807) is 7.11 Å². The van der Waals surface area contributed by atoms with Crippen molar-refractivity contribution in [1.29, 1.82) is 0 Å². The Labute approximate surface area is 170 Å². The monoisotopic (exact) mass is 394 g/mol. The Morgan fingerprint density at radius 2 is 1.93 bits per heavy atom. The molecule has 1 saturated heterocycles. The van der Waals surface area contributed by atoms with Crippen LogP contribution in [-0.4, -0.2) is 32.7 Å². The van der Waals surface area contributed by atoms with Gasteiger partial charge in [-0.1, -0.05) is 38.0 Å². The van der Waals surface area contributed by atoms with Crippen molar-refractivity contribution in [2.24, 2.45) is 11.8 Å². The average molecular weight is 395 g/mol. The lowest BCUT2D eigenvalue weighted by Gasteiger charge is -2.32. The fourth-order valence-electron chi connectivity index (χ4n) is 4.89. The summed E-state index contributed by atoms with van der Waals surface area (Å²) in [5.74, 6) is 2.29. The molecule has 27 heavy (non-hydrogen) atoms. The molecule has 5 heteroatoms. The number of amides is 1. The third-order valence-electron chi connectivity index (χ3n) is 6.56. The normalized spacial score (nSPS) is 20.5. The van der Waals surface area contributed by atoms with Gasteiger partial charge in [-0.15, -0.1) is 12.4 Å². The zero-order chi connectivity index (χ0) is 18.4. The van der Waals surface area contributed by atoms with E-state index in [2.05, 4.69) is 29.7 Å². The maximum atomic E-state index is 12.6. The van der Waals surface area contributed by atoms with Crippen LogP contribution in [0.25, 0.3) is 0 Å². The van der Waals surface area contributed by atoms with Crippen molar-refractivity contribution in [3.05, 3.63) is 29.8 Å². The van der Waals surface area contributed by atoms with Gasteiger partial charge in [0.05, 0.1) is 7.11 Å². The Bertz CT molecular complexity index is 596. The number of hydrogen-bond acceptors (Lipinski definition) is 3. The Morgan fingerprint density at radius 1 is 1.26 bits per heavy atom. The third-order valence-corrected chi connectivity index (χ3v) is 6.56. The molecule has 1 aliphatic heterocycles. The quantitative estimate of drug-likeness (QED) is 0.732. The number of ether oxygens (including phenoxy) is 1. The van der Waals surface area contributed by atoms with Crippen molar-refractivity contribution in [3.8, 4) is 5.75 Å². The van der Waals surface area contributed by atoms with Crippen LogP contribution in [0.1, 0.15) is 57.4 Å². The van der Waals surface area contributed by atoms with Crippen molar-refractivity contribution in [2.75, 3.05) is 26.7 Å². The number of carbonyl (C=O) groups is 1. The molecule has 1 saturated carbocycles. The molecule has 3 rings (SSSR count). The molecule has 1 unspecified atom stereocenters. The highest BCUT2D eigenvalue weighted by Crippen LogP contribution is 2.44. The van der Waals surface area contributed by atoms with E-state index in [1.165, 1.54) is 31.2 Å². The number of rotatable bonds is 7. The second-order valence-corrected chi connectivity index (χ2v) is 8.23. The minimum atomic E-state index is 0. The molecule has 2 fully saturated rings. The number of para-hydroxylation sites is 1. The van der Waals surface area contributed by atoms with Crippen LogP contribution >= 0.6 is 12.4 Å². The van der Waals surface area contributed by atoms with Crippen LogP contribution in [0.4, 0.5) is 0 Å². The van der Waals surface area contributed by atoms with Gasteiger partial charge in [0.1, 0.15) is 5.75 Å². The molecule has 0 aromatic heterocycles. The average Bonchev–Trinajstić information content (AvgIpc) is 3.17. The number of nitrogens with one attached hydrogen (secondary N) is 2. The summed E-state index contributed by atoms with van der Waals surface area (Å²) >= 11 is 0. The van der Waals surface area contributed by atoms with Gasteiger partial charge >= 0.3 is 0 Å². The van der Waals surface area contributed by atoms with Gasteiger partial charge in [-0.2, -0.15) is 0 Å². The molecule has 4 nitrogen and oxygen atoms in total. The molecular formula is C22H35ClN2O2. The zero-order valence-corrected chi connectivity index (χ0v) is 17.6. The smallest absolute Gasteiger partial charge is 0.220 e. The van der Waals surface area contributed by atoms with E-state index >= 15 is 0 Å². The van der Waals surface area contributed by atoms with Crippen molar-refractivity contribution < 1.29 is 9.53 Å². The van der Waals surface area contributed by atoms with Crippen LogP contribution in [0.15, 0.2) is 24.3 Å². The summed E-state index contributed by atoms with van der Waals surface area (Å²) in [7, 11) is 1.74. The minimum Gasteiger partial charge on any atom is -0.496 e. The molecule has 1 atom stereocenters. The SMILES string of the molecule is COc1ccccc1C1(CNC(=O)CC(C)C2CCNCC2)CCCC1.Cl. The van der Waals surface area contributed by atoms with Crippen molar-refractivity contribution in [3.63, 3.8) is 0 Å². The van der Waals surface area contributed by atoms with E-state index in [-0.39, 0.29) is 23.7 Å². The Kier molecular flexibility index (Phi) is 8.43. The van der Waals surface area contributed by atoms with Crippen molar-refractivity contribution in [1.82, 2.24) is 10.6 Å². The summed E-state index contributed by atoms with van der Waals surface area (Å²) in [6, 6.07) is 8.31. The number of hydrogen-bond donors (Lipinski definition) is 2. The lowest BCUT2D eigenvalue weighted by atomic mass is 9.78. The summed E-state index contributed by atoms with van der Waals surface area (Å²) in [6.45, 7) is 5.15. The summed E-state index contributed by atoms with van der Waals surface area (Å²) < 4.78 is 5.61. The summed E-state index contributed by atoms with van der Waals surface area (Å²) in [4.78, 5) is 12.6. The number of halogens is 1. The standard InChI is InChI=1S/C22H34N2O2.ClH/c1-17(18-9-13-23-14-10-18)15-21(25)24-16-22(11-5-6-12-22)19-7-3-4-8-20(19)26-2;/h3-4,7-8,17-18,23H,5-6,9-16H2,1-2H3,(H,24,25);1H. The van der Waals surface area contributed by atoms with E-state index < -0.39 is 0 Å². The molecular weight excluding hydrogens is 360 g/mol. The molecule has 152 valence electrons. The fraction of sp³-hybridized carbons (Fsp3) is 0.682. The van der Waals surface area contributed by atoms with Gasteiger partial charge in [0.2, 0.25) is 5.91 Å². The highest BCUT2D eigenvalue weighted by Gasteiger charge is 2.38. The largest absolute Gasteiger partial charge is 0.496 e. The topological polar surface area (TPSA) is 50.4 Å². The van der Waals surface area contributed by atoms with Crippen LogP contribution in [0.5, 0.6) is 5.75 Å². The predicted molar refractivity (Wildman–Crippen MR) is 113 cm³/mol. The highest BCUT2D eigenvalue weighted by molar-refractivity contribution is 5.85. The zero-order valence-electron chi connectivity index (χ0n) is 16.8. The Morgan fingerprint density at radius 3 is 2.59 bits per heavy atom. The van der Waals surface area contributed by atoms with Crippen molar-refractivity contribution in [2.45, 2.75) is 57.3 Å². The number of benzene rings is 1. The second kappa shape index (κ2) is 10.3. The first-order chi connectivity index (χ1) is 12.6. The maximum absolute atomic E-state index is 12.6. The molecule has 1 aliphatic carbocycles. The van der Waals surface area contributed by atoms with Crippen LogP contribution in [0.3, 0.4) is 0 Å². The third kappa shape index (κ3) is 5.39. The van der Waals surface area contributed by atoms with E-state index in [9.17, 15) is 4.79 Å². The van der Waals surface area contributed by atoms with E-state index in [0.717, 1.165) is 38.2 Å². The highest BCUT2D eigenvalue weighted by atomic mass is 35.5. The first-order valence-corrected chi connectivity index (χ1v) is 10.3. The summed E-state index contributed by atoms with van der Waals surface area (Å²) in [6.07, 6.45) is 7.72. The number of carbonyl (C=O) groups excluding carboxylic acids is 1. The molecule has 0 spiro atoms. The van der Waals surface area contributed by atoms with E-state index in [0.29, 0.717) is 18.3 Å². The number of piperidine rings is 1. The minimum absolute atomic E-state index is 0. The van der Waals surface area contributed by atoms with Gasteiger partial charge in [-0.25, -0.2) is 0 Å². The van der Waals surface area contributed by atoms with Crippen LogP contribution in [0.2, 0.25) is 0 Å².